The number of fused-ring (bicyclic) bond motifs is 1. The van der Waals surface area contributed by atoms with Crippen molar-refractivity contribution >= 4 is 9.84 Å². The third-order valence-corrected chi connectivity index (χ3v) is 4.94. The van der Waals surface area contributed by atoms with E-state index in [0.717, 1.165) is 6.54 Å². The van der Waals surface area contributed by atoms with E-state index >= 15 is 0 Å². The largest absolute Gasteiger partial charge is 0.384 e. The zero-order chi connectivity index (χ0) is 12.5. The SMILES string of the molecule is CCNCC1(O)CCS(=O)(=O)c2ccccc21. The van der Waals surface area contributed by atoms with Crippen LogP contribution >= 0.6 is 0 Å². The molecule has 0 aliphatic carbocycles. The van der Waals surface area contributed by atoms with Crippen molar-refractivity contribution in [3.63, 3.8) is 0 Å². The predicted octanol–water partition coefficient (Wildman–Crippen LogP) is 0.661. The minimum Gasteiger partial charge on any atom is -0.384 e. The van der Waals surface area contributed by atoms with Crippen molar-refractivity contribution in [1.29, 1.82) is 0 Å². The Labute approximate surface area is 102 Å². The fourth-order valence-corrected chi connectivity index (χ4v) is 3.89. The van der Waals surface area contributed by atoms with Crippen LogP contribution in [0.25, 0.3) is 0 Å². The molecule has 0 saturated heterocycles. The Balaban J connectivity index is 2.48. The molecule has 2 N–H and O–H groups in total. The number of aliphatic hydroxyl groups is 1. The van der Waals surface area contributed by atoms with Gasteiger partial charge in [-0.15, -0.1) is 0 Å². The van der Waals surface area contributed by atoms with E-state index in [-0.39, 0.29) is 17.1 Å². The standard InChI is InChI=1S/C12H17NO3S/c1-2-13-9-12(14)7-8-17(15,16)11-6-4-3-5-10(11)12/h3-6,13-14H,2,7-9H2,1H3. The maximum atomic E-state index is 11.9. The highest BCUT2D eigenvalue weighted by molar-refractivity contribution is 7.91. The van der Waals surface area contributed by atoms with Crippen molar-refractivity contribution < 1.29 is 13.5 Å². The van der Waals surface area contributed by atoms with Gasteiger partial charge in [-0.3, -0.25) is 0 Å². The van der Waals surface area contributed by atoms with Gasteiger partial charge in [-0.25, -0.2) is 8.42 Å². The van der Waals surface area contributed by atoms with Crippen molar-refractivity contribution in [3.8, 4) is 0 Å². The number of rotatable bonds is 3. The molecule has 5 heteroatoms. The fraction of sp³-hybridized carbons (Fsp3) is 0.500. The van der Waals surface area contributed by atoms with Crippen LogP contribution in [0.3, 0.4) is 0 Å². The molecule has 2 rings (SSSR count). The molecule has 17 heavy (non-hydrogen) atoms. The average Bonchev–Trinajstić information content (AvgIpc) is 2.33. The number of likely N-dealkylation sites (N-methyl/N-ethyl adjacent to an activating group) is 1. The highest BCUT2D eigenvalue weighted by Gasteiger charge is 2.39. The quantitative estimate of drug-likeness (QED) is 0.833. The van der Waals surface area contributed by atoms with Gasteiger partial charge >= 0.3 is 0 Å². The summed E-state index contributed by atoms with van der Waals surface area (Å²) in [6.45, 7) is 3.09. The van der Waals surface area contributed by atoms with Crippen LogP contribution in [0, 0.1) is 0 Å². The number of sulfone groups is 1. The van der Waals surface area contributed by atoms with Crippen LogP contribution in [0.4, 0.5) is 0 Å². The van der Waals surface area contributed by atoms with Crippen molar-refractivity contribution in [2.24, 2.45) is 0 Å². The fourth-order valence-electron chi connectivity index (χ4n) is 2.19. The molecule has 0 saturated carbocycles. The zero-order valence-electron chi connectivity index (χ0n) is 9.81. The average molecular weight is 255 g/mol. The molecule has 4 nitrogen and oxygen atoms in total. The molecule has 0 fully saturated rings. The Morgan fingerprint density at radius 3 is 2.82 bits per heavy atom. The first-order valence-corrected chi connectivity index (χ1v) is 7.40. The molecule has 1 atom stereocenters. The molecule has 94 valence electrons. The van der Waals surface area contributed by atoms with Crippen LogP contribution in [-0.2, 0) is 15.4 Å². The van der Waals surface area contributed by atoms with Crippen LogP contribution in [0.15, 0.2) is 29.2 Å². The lowest BCUT2D eigenvalue weighted by Gasteiger charge is -2.34. The number of nitrogens with one attached hydrogen (secondary N) is 1. The molecule has 1 unspecified atom stereocenters. The van der Waals surface area contributed by atoms with Crippen LogP contribution in [0.2, 0.25) is 0 Å². The second-order valence-corrected chi connectivity index (χ2v) is 6.45. The molecule has 0 aromatic heterocycles. The first kappa shape index (κ1) is 12.5. The minimum absolute atomic E-state index is 0.00586. The molecule has 0 spiro atoms. The second-order valence-electron chi connectivity index (χ2n) is 4.38. The third kappa shape index (κ3) is 2.22. The summed E-state index contributed by atoms with van der Waals surface area (Å²) in [6, 6.07) is 6.72. The highest BCUT2D eigenvalue weighted by atomic mass is 32.2. The van der Waals surface area contributed by atoms with Crippen molar-refractivity contribution in [2.45, 2.75) is 23.8 Å². The molecule has 1 aliphatic heterocycles. The van der Waals surface area contributed by atoms with E-state index in [1.807, 2.05) is 6.92 Å². The number of benzene rings is 1. The summed E-state index contributed by atoms with van der Waals surface area (Å²) < 4.78 is 23.8. The van der Waals surface area contributed by atoms with Crippen molar-refractivity contribution in [3.05, 3.63) is 29.8 Å². The number of hydrogen-bond acceptors (Lipinski definition) is 4. The van der Waals surface area contributed by atoms with Crippen LogP contribution in [0.1, 0.15) is 18.9 Å². The summed E-state index contributed by atoms with van der Waals surface area (Å²) in [5.41, 5.74) is -0.551. The first-order chi connectivity index (χ1) is 7.99. The van der Waals surface area contributed by atoms with Gasteiger partial charge in [-0.05, 0) is 19.0 Å². The topological polar surface area (TPSA) is 66.4 Å². The lowest BCUT2D eigenvalue weighted by Crippen LogP contribution is -2.43. The third-order valence-electron chi connectivity index (χ3n) is 3.18. The summed E-state index contributed by atoms with van der Waals surface area (Å²) in [7, 11) is -3.23. The molecule has 0 radical (unpaired) electrons. The van der Waals surface area contributed by atoms with Gasteiger partial charge in [0.2, 0.25) is 0 Å². The van der Waals surface area contributed by atoms with E-state index in [1.54, 1.807) is 24.3 Å². The smallest absolute Gasteiger partial charge is 0.178 e. The predicted molar refractivity (Wildman–Crippen MR) is 65.6 cm³/mol. The Hall–Kier alpha value is -0.910. The normalized spacial score (nSPS) is 26.5. The van der Waals surface area contributed by atoms with Gasteiger partial charge < -0.3 is 10.4 Å². The van der Waals surface area contributed by atoms with Gasteiger partial charge in [-0.1, -0.05) is 25.1 Å². The van der Waals surface area contributed by atoms with Crippen molar-refractivity contribution in [2.75, 3.05) is 18.8 Å². The Kier molecular flexibility index (Phi) is 3.25. The van der Waals surface area contributed by atoms with Crippen LogP contribution in [-0.4, -0.2) is 32.4 Å². The summed E-state index contributed by atoms with van der Waals surface area (Å²) in [6.07, 6.45) is 0.249. The summed E-state index contributed by atoms with van der Waals surface area (Å²) in [5.74, 6) is 0.00586. The molecule has 1 aliphatic rings. The number of hydrogen-bond donors (Lipinski definition) is 2. The van der Waals surface area contributed by atoms with Crippen LogP contribution < -0.4 is 5.32 Å². The van der Waals surface area contributed by atoms with Gasteiger partial charge in [0.05, 0.1) is 10.6 Å². The van der Waals surface area contributed by atoms with E-state index in [0.29, 0.717) is 12.1 Å². The van der Waals surface area contributed by atoms with E-state index in [9.17, 15) is 13.5 Å². The van der Waals surface area contributed by atoms with Gasteiger partial charge in [0.1, 0.15) is 5.60 Å². The monoisotopic (exact) mass is 255 g/mol. The maximum Gasteiger partial charge on any atom is 0.178 e. The molecular formula is C12H17NO3S. The Bertz CT molecular complexity index is 512. The lowest BCUT2D eigenvalue weighted by atomic mass is 9.90. The highest BCUT2D eigenvalue weighted by Crippen LogP contribution is 2.36. The summed E-state index contributed by atoms with van der Waals surface area (Å²) in [5, 5.41) is 13.6. The van der Waals surface area contributed by atoms with Gasteiger partial charge in [0, 0.05) is 12.1 Å². The van der Waals surface area contributed by atoms with E-state index in [2.05, 4.69) is 5.32 Å². The van der Waals surface area contributed by atoms with E-state index in [4.69, 9.17) is 0 Å². The molecule has 1 heterocycles. The molecule has 1 aromatic rings. The molecule has 0 amide bonds. The molecule has 0 bridgehead atoms. The van der Waals surface area contributed by atoms with Crippen LogP contribution in [0.5, 0.6) is 0 Å². The van der Waals surface area contributed by atoms with Crippen molar-refractivity contribution in [1.82, 2.24) is 5.32 Å². The summed E-state index contributed by atoms with van der Waals surface area (Å²) in [4.78, 5) is 0.270. The second kappa shape index (κ2) is 4.40. The van der Waals surface area contributed by atoms with Gasteiger partial charge in [0.15, 0.2) is 9.84 Å². The van der Waals surface area contributed by atoms with E-state index in [1.165, 1.54) is 0 Å². The van der Waals surface area contributed by atoms with Gasteiger partial charge in [0.25, 0.3) is 0 Å². The minimum atomic E-state index is -3.23. The zero-order valence-corrected chi connectivity index (χ0v) is 10.6. The molecular weight excluding hydrogens is 238 g/mol. The summed E-state index contributed by atoms with van der Waals surface area (Å²) >= 11 is 0. The van der Waals surface area contributed by atoms with Gasteiger partial charge in [-0.2, -0.15) is 0 Å². The lowest BCUT2D eigenvalue weighted by molar-refractivity contribution is 0.0289. The van der Waals surface area contributed by atoms with E-state index < -0.39 is 15.4 Å². The maximum absolute atomic E-state index is 11.9. The molecule has 1 aromatic carbocycles. The Morgan fingerprint density at radius 2 is 2.12 bits per heavy atom. The first-order valence-electron chi connectivity index (χ1n) is 5.75. The Morgan fingerprint density at radius 1 is 1.41 bits per heavy atom.